The van der Waals surface area contributed by atoms with Gasteiger partial charge in [0.25, 0.3) is 0 Å². The first-order valence-electron chi connectivity index (χ1n) is 7.47. The van der Waals surface area contributed by atoms with E-state index >= 15 is 0 Å². The molecule has 1 aromatic carbocycles. The number of fused-ring (bicyclic) bond motifs is 1. The molecule has 0 aliphatic rings. The summed E-state index contributed by atoms with van der Waals surface area (Å²) in [6, 6.07) is 6.87. The molecule has 1 N–H and O–H groups in total. The fourth-order valence-corrected chi connectivity index (χ4v) is 2.70. The summed E-state index contributed by atoms with van der Waals surface area (Å²) in [6.07, 6.45) is 1.15. The van der Waals surface area contributed by atoms with Gasteiger partial charge in [0, 0.05) is 35.7 Å². The van der Waals surface area contributed by atoms with Crippen LogP contribution >= 0.6 is 0 Å². The molecular formula is C17H26N2O. The van der Waals surface area contributed by atoms with Crippen LogP contribution in [0.5, 0.6) is 5.75 Å². The van der Waals surface area contributed by atoms with E-state index in [4.69, 9.17) is 4.74 Å². The van der Waals surface area contributed by atoms with Crippen LogP contribution < -0.4 is 10.1 Å². The van der Waals surface area contributed by atoms with Crippen molar-refractivity contribution in [2.75, 3.05) is 7.11 Å². The lowest BCUT2D eigenvalue weighted by atomic mass is 10.1. The minimum Gasteiger partial charge on any atom is -0.497 e. The third-order valence-electron chi connectivity index (χ3n) is 3.80. The number of rotatable bonds is 6. The van der Waals surface area contributed by atoms with Crippen molar-refractivity contribution in [2.24, 2.45) is 0 Å². The number of hydrogen-bond donors (Lipinski definition) is 1. The van der Waals surface area contributed by atoms with E-state index < -0.39 is 0 Å². The molecule has 0 bridgehead atoms. The van der Waals surface area contributed by atoms with Crippen LogP contribution in [0.15, 0.2) is 18.2 Å². The van der Waals surface area contributed by atoms with E-state index in [0.29, 0.717) is 6.04 Å². The van der Waals surface area contributed by atoms with Crippen molar-refractivity contribution in [3.63, 3.8) is 0 Å². The zero-order chi connectivity index (χ0) is 14.7. The van der Waals surface area contributed by atoms with Crippen LogP contribution in [0.4, 0.5) is 0 Å². The second kappa shape index (κ2) is 6.31. The normalized spacial score (nSPS) is 11.5. The molecule has 0 aliphatic carbocycles. The first-order valence-corrected chi connectivity index (χ1v) is 7.47. The van der Waals surface area contributed by atoms with Gasteiger partial charge in [-0.1, -0.05) is 20.8 Å². The number of nitrogens with one attached hydrogen (secondary N) is 1. The van der Waals surface area contributed by atoms with Gasteiger partial charge in [-0.05, 0) is 37.1 Å². The van der Waals surface area contributed by atoms with Crippen LogP contribution in [-0.2, 0) is 13.1 Å². The van der Waals surface area contributed by atoms with E-state index in [1.54, 1.807) is 7.11 Å². The van der Waals surface area contributed by atoms with Gasteiger partial charge in [-0.15, -0.1) is 0 Å². The van der Waals surface area contributed by atoms with Crippen molar-refractivity contribution in [3.05, 3.63) is 29.5 Å². The Labute approximate surface area is 121 Å². The molecule has 0 unspecified atom stereocenters. The van der Waals surface area contributed by atoms with Gasteiger partial charge in [0.05, 0.1) is 7.11 Å². The monoisotopic (exact) mass is 274 g/mol. The lowest BCUT2D eigenvalue weighted by molar-refractivity contribution is 0.415. The summed E-state index contributed by atoms with van der Waals surface area (Å²) in [7, 11) is 1.73. The predicted octanol–water partition coefficient (Wildman–Crippen LogP) is 3.87. The standard InChI is InChI=1S/C17H26N2O/c1-6-9-19-13(4)16(11-18-12(2)3)15-10-14(20-5)7-8-17(15)19/h7-8,10,12,18H,6,9,11H2,1-5H3. The molecule has 0 fully saturated rings. The van der Waals surface area contributed by atoms with Crippen molar-refractivity contribution < 1.29 is 4.74 Å². The molecule has 110 valence electrons. The molecule has 3 heteroatoms. The van der Waals surface area contributed by atoms with E-state index in [-0.39, 0.29) is 0 Å². The molecular weight excluding hydrogens is 248 g/mol. The molecule has 0 aliphatic heterocycles. The maximum absolute atomic E-state index is 5.38. The third kappa shape index (κ3) is 2.83. The Morgan fingerprint density at radius 1 is 1.30 bits per heavy atom. The van der Waals surface area contributed by atoms with Gasteiger partial charge >= 0.3 is 0 Å². The molecule has 0 amide bonds. The number of benzene rings is 1. The maximum atomic E-state index is 5.38. The Morgan fingerprint density at radius 3 is 2.65 bits per heavy atom. The lowest BCUT2D eigenvalue weighted by Crippen LogP contribution is -2.22. The van der Waals surface area contributed by atoms with Gasteiger partial charge in [-0.2, -0.15) is 0 Å². The second-order valence-corrected chi connectivity index (χ2v) is 5.63. The topological polar surface area (TPSA) is 26.2 Å². The highest BCUT2D eigenvalue weighted by molar-refractivity contribution is 5.87. The van der Waals surface area contributed by atoms with E-state index in [1.807, 2.05) is 6.07 Å². The summed E-state index contributed by atoms with van der Waals surface area (Å²) in [5.41, 5.74) is 4.06. The smallest absolute Gasteiger partial charge is 0.119 e. The van der Waals surface area contributed by atoms with Crippen LogP contribution in [0, 0.1) is 6.92 Å². The van der Waals surface area contributed by atoms with Crippen LogP contribution in [0.3, 0.4) is 0 Å². The number of methoxy groups -OCH3 is 1. The zero-order valence-corrected chi connectivity index (χ0v) is 13.3. The fourth-order valence-electron chi connectivity index (χ4n) is 2.70. The molecule has 1 heterocycles. The molecule has 2 aromatic rings. The quantitative estimate of drug-likeness (QED) is 0.865. The van der Waals surface area contributed by atoms with Crippen LogP contribution in [0.25, 0.3) is 10.9 Å². The van der Waals surface area contributed by atoms with Gasteiger partial charge in [0.2, 0.25) is 0 Å². The van der Waals surface area contributed by atoms with Crippen molar-refractivity contribution in [2.45, 2.75) is 53.2 Å². The van der Waals surface area contributed by atoms with Crippen LogP contribution in [0.1, 0.15) is 38.4 Å². The average molecular weight is 274 g/mol. The lowest BCUT2D eigenvalue weighted by Gasteiger charge is -2.09. The summed E-state index contributed by atoms with van der Waals surface area (Å²) < 4.78 is 7.81. The molecule has 3 nitrogen and oxygen atoms in total. The molecule has 1 aromatic heterocycles. The summed E-state index contributed by atoms with van der Waals surface area (Å²) in [5, 5.41) is 4.84. The summed E-state index contributed by atoms with van der Waals surface area (Å²) in [5.74, 6) is 0.928. The number of ether oxygens (including phenoxy) is 1. The van der Waals surface area contributed by atoms with Gasteiger partial charge < -0.3 is 14.6 Å². The van der Waals surface area contributed by atoms with Gasteiger partial charge in [0.1, 0.15) is 5.75 Å². The Balaban J connectivity index is 2.54. The third-order valence-corrected chi connectivity index (χ3v) is 3.80. The van der Waals surface area contributed by atoms with Gasteiger partial charge in [-0.25, -0.2) is 0 Å². The molecule has 0 radical (unpaired) electrons. The number of aromatic nitrogens is 1. The van der Waals surface area contributed by atoms with Crippen molar-refractivity contribution in [1.29, 1.82) is 0 Å². The minimum atomic E-state index is 0.490. The molecule has 0 spiro atoms. The summed E-state index contributed by atoms with van der Waals surface area (Å²) in [4.78, 5) is 0. The molecule has 0 saturated heterocycles. The summed E-state index contributed by atoms with van der Waals surface area (Å²) >= 11 is 0. The highest BCUT2D eigenvalue weighted by Crippen LogP contribution is 2.29. The summed E-state index contributed by atoms with van der Waals surface area (Å²) in [6.45, 7) is 10.8. The van der Waals surface area contributed by atoms with Crippen LogP contribution in [0.2, 0.25) is 0 Å². The first-order chi connectivity index (χ1) is 9.58. The number of aryl methyl sites for hydroxylation is 1. The van der Waals surface area contributed by atoms with E-state index in [9.17, 15) is 0 Å². The zero-order valence-electron chi connectivity index (χ0n) is 13.3. The minimum absolute atomic E-state index is 0.490. The first kappa shape index (κ1) is 14.9. The fraction of sp³-hybridized carbons (Fsp3) is 0.529. The van der Waals surface area contributed by atoms with Crippen molar-refractivity contribution >= 4 is 10.9 Å². The van der Waals surface area contributed by atoms with Gasteiger partial charge in [0.15, 0.2) is 0 Å². The highest BCUT2D eigenvalue weighted by Gasteiger charge is 2.14. The van der Waals surface area contributed by atoms with Crippen molar-refractivity contribution in [1.82, 2.24) is 9.88 Å². The Hall–Kier alpha value is -1.48. The van der Waals surface area contributed by atoms with E-state index in [0.717, 1.165) is 25.3 Å². The predicted molar refractivity (Wildman–Crippen MR) is 85.5 cm³/mol. The number of nitrogens with zero attached hydrogens (tertiary/aromatic N) is 1. The highest BCUT2D eigenvalue weighted by atomic mass is 16.5. The SMILES string of the molecule is CCCn1c(C)c(CNC(C)C)c2cc(OC)ccc21. The molecule has 0 saturated carbocycles. The molecule has 0 atom stereocenters. The van der Waals surface area contributed by atoms with Crippen LogP contribution in [-0.4, -0.2) is 17.7 Å². The molecule has 20 heavy (non-hydrogen) atoms. The Kier molecular flexibility index (Phi) is 4.71. The largest absolute Gasteiger partial charge is 0.497 e. The average Bonchev–Trinajstić information content (AvgIpc) is 2.69. The second-order valence-electron chi connectivity index (χ2n) is 5.63. The molecule has 2 rings (SSSR count). The van der Waals surface area contributed by atoms with E-state index in [1.165, 1.54) is 22.2 Å². The Morgan fingerprint density at radius 2 is 2.05 bits per heavy atom. The van der Waals surface area contributed by atoms with E-state index in [2.05, 4.69) is 49.7 Å². The number of hydrogen-bond acceptors (Lipinski definition) is 2. The van der Waals surface area contributed by atoms with Crippen molar-refractivity contribution in [3.8, 4) is 5.75 Å². The van der Waals surface area contributed by atoms with Gasteiger partial charge in [-0.3, -0.25) is 0 Å². The Bertz CT molecular complexity index is 584. The maximum Gasteiger partial charge on any atom is 0.119 e.